The van der Waals surface area contributed by atoms with Gasteiger partial charge in [-0.25, -0.2) is 4.98 Å². The first-order chi connectivity index (χ1) is 14.9. The van der Waals surface area contributed by atoms with Crippen LogP contribution in [0.1, 0.15) is 31.9 Å². The third-order valence-electron chi connectivity index (χ3n) is 4.56. The predicted molar refractivity (Wildman–Crippen MR) is 125 cm³/mol. The predicted octanol–water partition coefficient (Wildman–Crippen LogP) is 6.58. The number of hydrogen-bond acceptors (Lipinski definition) is 4. The number of benzene rings is 2. The average Bonchev–Trinajstić information content (AvgIpc) is 2.70. The maximum atomic E-state index is 13.0. The van der Waals surface area contributed by atoms with Crippen molar-refractivity contribution in [2.45, 2.75) is 32.4 Å². The molecule has 0 aliphatic carbocycles. The Bertz CT molecular complexity index is 1130. The summed E-state index contributed by atoms with van der Waals surface area (Å²) in [7, 11) is 0. The molecule has 0 fully saturated rings. The van der Waals surface area contributed by atoms with Gasteiger partial charge in [0.25, 0.3) is 0 Å². The zero-order valence-corrected chi connectivity index (χ0v) is 18.6. The van der Waals surface area contributed by atoms with Crippen LogP contribution in [-0.4, -0.2) is 10.1 Å². The Hall–Kier alpha value is -3.33. The molecule has 4 N–H and O–H groups in total. The van der Waals surface area contributed by atoms with Crippen molar-refractivity contribution in [2.75, 3.05) is 16.4 Å². The van der Waals surface area contributed by atoms with E-state index in [-0.39, 0.29) is 22.2 Å². The van der Waals surface area contributed by atoms with Gasteiger partial charge >= 0.3 is 6.18 Å². The molecule has 0 aliphatic rings. The molecule has 1 heterocycles. The fraction of sp³-hybridized carbons (Fsp3) is 0.217. The summed E-state index contributed by atoms with van der Waals surface area (Å²) in [6, 6.07) is 13.6. The number of anilines is 3. The smallest absolute Gasteiger partial charge is 0.416 e. The van der Waals surface area contributed by atoms with Crippen molar-refractivity contribution in [3.63, 3.8) is 0 Å². The maximum Gasteiger partial charge on any atom is 0.416 e. The number of nitrogens with two attached hydrogens (primary N) is 1. The van der Waals surface area contributed by atoms with Crippen molar-refractivity contribution in [1.29, 1.82) is 0 Å². The van der Waals surface area contributed by atoms with Gasteiger partial charge < -0.3 is 21.1 Å². The summed E-state index contributed by atoms with van der Waals surface area (Å²) < 4.78 is 44.5. The molecule has 0 spiro atoms. The van der Waals surface area contributed by atoms with Crippen LogP contribution in [0.5, 0.6) is 11.6 Å². The van der Waals surface area contributed by atoms with Crippen molar-refractivity contribution in [3.05, 3.63) is 71.9 Å². The monoisotopic (exact) mass is 460 g/mol. The van der Waals surface area contributed by atoms with E-state index in [1.54, 1.807) is 18.2 Å². The number of pyridine rings is 1. The first kappa shape index (κ1) is 23.3. The average molecular weight is 461 g/mol. The van der Waals surface area contributed by atoms with Crippen LogP contribution in [0, 0.1) is 0 Å². The van der Waals surface area contributed by atoms with Crippen LogP contribution >= 0.6 is 12.2 Å². The number of alkyl halides is 3. The first-order valence-corrected chi connectivity index (χ1v) is 10.1. The highest BCUT2D eigenvalue weighted by Gasteiger charge is 2.30. The van der Waals surface area contributed by atoms with E-state index >= 15 is 0 Å². The van der Waals surface area contributed by atoms with Gasteiger partial charge in [-0.1, -0.05) is 32.9 Å². The molecule has 3 aromatic rings. The SMILES string of the molecule is CC(C)(C)c1ccc(N)c(NC(=S)Nc2cccnc2Oc2cccc(C(F)(F)F)c2)c1. The van der Waals surface area contributed by atoms with Gasteiger partial charge in [-0.2, -0.15) is 13.2 Å². The van der Waals surface area contributed by atoms with E-state index in [1.165, 1.54) is 18.3 Å². The minimum absolute atomic E-state index is 0.00238. The summed E-state index contributed by atoms with van der Waals surface area (Å²) in [6.45, 7) is 6.27. The lowest BCUT2D eigenvalue weighted by atomic mass is 9.86. The molecule has 0 unspecified atom stereocenters. The lowest BCUT2D eigenvalue weighted by Crippen LogP contribution is -2.21. The highest BCUT2D eigenvalue weighted by atomic mass is 32.1. The largest absolute Gasteiger partial charge is 0.437 e. The quantitative estimate of drug-likeness (QED) is 0.302. The van der Waals surface area contributed by atoms with Crippen LogP contribution in [0.4, 0.5) is 30.2 Å². The molecule has 0 radical (unpaired) electrons. The van der Waals surface area contributed by atoms with Crippen LogP contribution < -0.4 is 21.1 Å². The summed E-state index contributed by atoms with van der Waals surface area (Å²) in [5.74, 6) is 0.0787. The normalized spacial score (nSPS) is 11.7. The third-order valence-corrected chi connectivity index (χ3v) is 4.77. The molecule has 2 aromatic carbocycles. The van der Waals surface area contributed by atoms with E-state index < -0.39 is 11.7 Å². The Kier molecular flexibility index (Phi) is 6.59. The molecule has 1 aromatic heterocycles. The van der Waals surface area contributed by atoms with Crippen LogP contribution in [-0.2, 0) is 11.6 Å². The Balaban J connectivity index is 1.78. The Morgan fingerprint density at radius 3 is 2.34 bits per heavy atom. The third kappa shape index (κ3) is 5.88. The summed E-state index contributed by atoms with van der Waals surface area (Å²) in [5.41, 5.74) is 7.81. The number of halogens is 3. The van der Waals surface area contributed by atoms with Crippen LogP contribution in [0.15, 0.2) is 60.8 Å². The minimum atomic E-state index is -4.47. The fourth-order valence-electron chi connectivity index (χ4n) is 2.82. The van der Waals surface area contributed by atoms with E-state index in [4.69, 9.17) is 22.7 Å². The second-order valence-corrected chi connectivity index (χ2v) is 8.52. The van der Waals surface area contributed by atoms with Crippen LogP contribution in [0.25, 0.3) is 0 Å². The van der Waals surface area contributed by atoms with Crippen molar-refractivity contribution >= 4 is 34.4 Å². The number of nitrogens with zero attached hydrogens (tertiary/aromatic N) is 1. The van der Waals surface area contributed by atoms with E-state index in [0.29, 0.717) is 17.1 Å². The maximum absolute atomic E-state index is 13.0. The molecule has 9 heteroatoms. The molecule has 3 rings (SSSR count). The van der Waals surface area contributed by atoms with Crippen LogP contribution in [0.2, 0.25) is 0 Å². The lowest BCUT2D eigenvalue weighted by Gasteiger charge is -2.21. The topological polar surface area (TPSA) is 72.2 Å². The summed E-state index contributed by atoms with van der Waals surface area (Å²) in [6.07, 6.45) is -3.01. The van der Waals surface area contributed by atoms with Crippen molar-refractivity contribution < 1.29 is 17.9 Å². The van der Waals surface area contributed by atoms with E-state index in [9.17, 15) is 13.2 Å². The Morgan fingerprint density at radius 2 is 1.66 bits per heavy atom. The van der Waals surface area contributed by atoms with Crippen molar-refractivity contribution in [2.24, 2.45) is 0 Å². The summed E-state index contributed by atoms with van der Waals surface area (Å²) in [5, 5.41) is 6.25. The molecule has 0 saturated heterocycles. The molecule has 32 heavy (non-hydrogen) atoms. The number of ether oxygens (including phenoxy) is 1. The molecule has 0 saturated carbocycles. The van der Waals surface area contributed by atoms with Gasteiger partial charge in [0.2, 0.25) is 5.88 Å². The number of rotatable bonds is 4. The lowest BCUT2D eigenvalue weighted by molar-refractivity contribution is -0.137. The van der Waals surface area contributed by atoms with Crippen molar-refractivity contribution in [3.8, 4) is 11.6 Å². The molecule has 5 nitrogen and oxygen atoms in total. The van der Waals surface area contributed by atoms with Gasteiger partial charge in [-0.15, -0.1) is 0 Å². The highest BCUT2D eigenvalue weighted by Crippen LogP contribution is 2.34. The number of nitrogens with one attached hydrogen (secondary N) is 2. The Labute approximate surface area is 189 Å². The van der Waals surface area contributed by atoms with E-state index in [2.05, 4.69) is 36.4 Å². The minimum Gasteiger partial charge on any atom is -0.437 e. The second kappa shape index (κ2) is 9.04. The van der Waals surface area contributed by atoms with E-state index in [1.807, 2.05) is 12.1 Å². The van der Waals surface area contributed by atoms with Crippen LogP contribution in [0.3, 0.4) is 0 Å². The molecular formula is C23H23F3N4OS. The molecule has 0 bridgehead atoms. The zero-order valence-electron chi connectivity index (χ0n) is 17.7. The standard InChI is InChI=1S/C23H23F3N4OS/c1-22(2,3)14-9-10-17(27)19(13-14)30-21(32)29-18-8-5-11-28-20(18)31-16-7-4-6-15(12-16)23(24,25)26/h4-13H,27H2,1-3H3,(H2,29,30,32). The molecule has 0 amide bonds. The number of thiocarbonyl (C=S) groups is 1. The molecule has 0 aliphatic heterocycles. The first-order valence-electron chi connectivity index (χ1n) is 9.71. The summed E-state index contributed by atoms with van der Waals surface area (Å²) in [4.78, 5) is 4.11. The number of hydrogen-bond donors (Lipinski definition) is 3. The Morgan fingerprint density at radius 1 is 0.938 bits per heavy atom. The van der Waals surface area contributed by atoms with Gasteiger partial charge in [0.15, 0.2) is 5.11 Å². The van der Waals surface area contributed by atoms with Crippen molar-refractivity contribution in [1.82, 2.24) is 4.98 Å². The zero-order chi connectivity index (χ0) is 23.5. The summed E-state index contributed by atoms with van der Waals surface area (Å²) >= 11 is 5.40. The van der Waals surface area contributed by atoms with Gasteiger partial charge in [0.1, 0.15) is 11.4 Å². The van der Waals surface area contributed by atoms with Gasteiger partial charge in [0.05, 0.1) is 16.9 Å². The van der Waals surface area contributed by atoms with E-state index in [0.717, 1.165) is 17.7 Å². The second-order valence-electron chi connectivity index (χ2n) is 8.11. The highest BCUT2D eigenvalue weighted by molar-refractivity contribution is 7.80. The number of aromatic nitrogens is 1. The van der Waals surface area contributed by atoms with Gasteiger partial charge in [-0.05, 0) is 65.7 Å². The van der Waals surface area contributed by atoms with Gasteiger partial charge in [0, 0.05) is 6.20 Å². The molecule has 168 valence electrons. The van der Waals surface area contributed by atoms with Gasteiger partial charge in [-0.3, -0.25) is 0 Å². The fourth-order valence-corrected chi connectivity index (χ4v) is 3.04. The number of nitrogen functional groups attached to an aromatic ring is 1. The molecule has 0 atom stereocenters. The molecular weight excluding hydrogens is 437 g/mol.